The molecule has 0 aliphatic heterocycles. The highest BCUT2D eigenvalue weighted by molar-refractivity contribution is 9.10. The smallest absolute Gasteiger partial charge is 0.341 e. The second-order valence-electron chi connectivity index (χ2n) is 7.82. The Morgan fingerprint density at radius 3 is 2.81 bits per heavy atom. The normalized spacial score (nSPS) is 11.4. The number of carboxylic acids is 1. The average molecular weight is 583 g/mol. The number of carboxylic acid groups (broad SMARTS) is 1. The van der Waals surface area contributed by atoms with Crippen molar-refractivity contribution in [3.05, 3.63) is 86.1 Å². The van der Waals surface area contributed by atoms with Crippen molar-refractivity contribution in [2.75, 3.05) is 13.7 Å². The first kappa shape index (κ1) is 24.5. The number of halogens is 2. The van der Waals surface area contributed by atoms with Crippen molar-refractivity contribution in [3.63, 3.8) is 0 Å². The zero-order valence-electron chi connectivity index (χ0n) is 19.1. The van der Waals surface area contributed by atoms with Crippen LogP contribution in [0, 0.1) is 0 Å². The standard InChI is InChI=1S/C26H17BrClN3O6/c1-35-21-11-16(27)8-15(24(21)36-13-23(32)33)12-29-31-25(30-19-5-3-2-4-18(19)26(31)34)22-10-14-9-17(28)6-7-20(14)37-22/h2-12H,13H2,1H3,(H,32,33). The fraction of sp³-hybridized carbons (Fsp3) is 0.0769. The van der Waals surface area contributed by atoms with Gasteiger partial charge >= 0.3 is 5.97 Å². The van der Waals surface area contributed by atoms with Crippen molar-refractivity contribution in [1.82, 2.24) is 9.66 Å². The summed E-state index contributed by atoms with van der Waals surface area (Å²) in [7, 11) is 1.43. The largest absolute Gasteiger partial charge is 0.493 e. The second-order valence-corrected chi connectivity index (χ2v) is 9.17. The number of furan rings is 1. The summed E-state index contributed by atoms with van der Waals surface area (Å²) in [4.78, 5) is 29.3. The lowest BCUT2D eigenvalue weighted by Crippen LogP contribution is -2.20. The van der Waals surface area contributed by atoms with Crippen molar-refractivity contribution in [2.45, 2.75) is 0 Å². The number of aliphatic carboxylic acids is 1. The Morgan fingerprint density at radius 1 is 1.22 bits per heavy atom. The summed E-state index contributed by atoms with van der Waals surface area (Å²) in [6, 6.07) is 17.1. The molecule has 1 N–H and O–H groups in total. The molecule has 186 valence electrons. The number of fused-ring (bicyclic) bond motifs is 2. The molecule has 2 aromatic heterocycles. The molecule has 0 aliphatic carbocycles. The van der Waals surface area contributed by atoms with Crippen molar-refractivity contribution < 1.29 is 23.8 Å². The van der Waals surface area contributed by atoms with Gasteiger partial charge in [0.05, 0.1) is 24.2 Å². The molecule has 3 aromatic carbocycles. The Labute approximate surface area is 222 Å². The summed E-state index contributed by atoms with van der Waals surface area (Å²) in [5.74, 6) is -0.238. The highest BCUT2D eigenvalue weighted by Gasteiger charge is 2.18. The van der Waals surface area contributed by atoms with Crippen LogP contribution in [0.2, 0.25) is 5.02 Å². The van der Waals surface area contributed by atoms with Crippen molar-refractivity contribution in [2.24, 2.45) is 5.10 Å². The van der Waals surface area contributed by atoms with E-state index in [1.807, 2.05) is 0 Å². The molecule has 2 heterocycles. The van der Waals surface area contributed by atoms with E-state index < -0.39 is 18.1 Å². The van der Waals surface area contributed by atoms with E-state index in [1.54, 1.807) is 60.7 Å². The Balaban J connectivity index is 1.70. The molecule has 0 radical (unpaired) electrons. The first-order valence-electron chi connectivity index (χ1n) is 10.8. The molecule has 0 unspecified atom stereocenters. The Kier molecular flexibility index (Phi) is 6.68. The van der Waals surface area contributed by atoms with Gasteiger partial charge in [-0.05, 0) is 48.5 Å². The highest BCUT2D eigenvalue weighted by Crippen LogP contribution is 2.34. The molecule has 5 rings (SSSR count). The number of carbonyl (C=O) groups is 1. The summed E-state index contributed by atoms with van der Waals surface area (Å²) >= 11 is 9.52. The summed E-state index contributed by atoms with van der Waals surface area (Å²) < 4.78 is 18.5. The maximum absolute atomic E-state index is 13.5. The Bertz CT molecular complexity index is 1760. The van der Waals surface area contributed by atoms with Gasteiger partial charge in [0.1, 0.15) is 5.58 Å². The molecule has 37 heavy (non-hydrogen) atoms. The minimum absolute atomic E-state index is 0.151. The van der Waals surface area contributed by atoms with Crippen LogP contribution in [-0.4, -0.2) is 40.7 Å². The number of aromatic nitrogens is 2. The number of nitrogens with zero attached hydrogens (tertiary/aromatic N) is 3. The van der Waals surface area contributed by atoms with E-state index >= 15 is 0 Å². The van der Waals surface area contributed by atoms with Crippen molar-refractivity contribution in [1.29, 1.82) is 0 Å². The lowest BCUT2D eigenvalue weighted by atomic mass is 10.2. The average Bonchev–Trinajstić information content (AvgIpc) is 3.30. The SMILES string of the molecule is COc1cc(Br)cc(C=Nn2c(-c3cc4cc(Cl)ccc4o3)nc3ccccc3c2=O)c1OCC(=O)O. The fourth-order valence-electron chi connectivity index (χ4n) is 3.76. The lowest BCUT2D eigenvalue weighted by molar-refractivity contribution is -0.139. The number of methoxy groups -OCH3 is 1. The molecule has 0 aliphatic rings. The lowest BCUT2D eigenvalue weighted by Gasteiger charge is -2.13. The van der Waals surface area contributed by atoms with Gasteiger partial charge in [-0.15, -0.1) is 0 Å². The topological polar surface area (TPSA) is 116 Å². The number of hydrogen-bond donors (Lipinski definition) is 1. The fourth-order valence-corrected chi connectivity index (χ4v) is 4.39. The van der Waals surface area contributed by atoms with Crippen LogP contribution in [0.3, 0.4) is 0 Å². The van der Waals surface area contributed by atoms with Gasteiger partial charge < -0.3 is 19.0 Å². The van der Waals surface area contributed by atoms with Crippen LogP contribution in [0.5, 0.6) is 11.5 Å². The monoisotopic (exact) mass is 581 g/mol. The van der Waals surface area contributed by atoms with Crippen LogP contribution in [0.1, 0.15) is 5.56 Å². The summed E-state index contributed by atoms with van der Waals surface area (Å²) in [5.41, 5.74) is 0.987. The molecular weight excluding hydrogens is 566 g/mol. The van der Waals surface area contributed by atoms with Gasteiger partial charge in [0, 0.05) is 20.4 Å². The van der Waals surface area contributed by atoms with Crippen molar-refractivity contribution >= 4 is 61.6 Å². The van der Waals surface area contributed by atoms with Gasteiger partial charge in [-0.2, -0.15) is 9.78 Å². The van der Waals surface area contributed by atoms with E-state index in [0.717, 1.165) is 10.1 Å². The van der Waals surface area contributed by atoms with Gasteiger partial charge in [0.25, 0.3) is 5.56 Å². The molecule has 0 atom stereocenters. The van der Waals surface area contributed by atoms with Crippen LogP contribution in [0.15, 0.2) is 79.4 Å². The highest BCUT2D eigenvalue weighted by atomic mass is 79.9. The molecule has 0 spiro atoms. The minimum atomic E-state index is -1.16. The Morgan fingerprint density at radius 2 is 2.03 bits per heavy atom. The molecule has 9 nitrogen and oxygen atoms in total. The van der Waals surface area contributed by atoms with Crippen LogP contribution in [0.4, 0.5) is 0 Å². The first-order valence-corrected chi connectivity index (χ1v) is 12.0. The van der Waals surface area contributed by atoms with E-state index in [-0.39, 0.29) is 17.3 Å². The third-order valence-electron chi connectivity index (χ3n) is 5.37. The van der Waals surface area contributed by atoms with Crippen molar-refractivity contribution in [3.8, 4) is 23.1 Å². The molecule has 0 amide bonds. The van der Waals surface area contributed by atoms with E-state index in [4.69, 9.17) is 30.6 Å². The maximum Gasteiger partial charge on any atom is 0.341 e. The zero-order chi connectivity index (χ0) is 26.1. The quantitative estimate of drug-likeness (QED) is 0.249. The first-order chi connectivity index (χ1) is 17.8. The molecule has 0 saturated heterocycles. The summed E-state index contributed by atoms with van der Waals surface area (Å²) in [6.45, 7) is -0.594. The summed E-state index contributed by atoms with van der Waals surface area (Å²) in [5, 5.41) is 15.1. The predicted molar refractivity (Wildman–Crippen MR) is 143 cm³/mol. The van der Waals surface area contributed by atoms with Crippen LogP contribution in [-0.2, 0) is 4.79 Å². The molecular formula is C26H17BrClN3O6. The number of ether oxygens (including phenoxy) is 2. The number of para-hydroxylation sites is 1. The van der Waals surface area contributed by atoms with Gasteiger partial charge in [-0.1, -0.05) is 39.7 Å². The summed E-state index contributed by atoms with van der Waals surface area (Å²) in [6.07, 6.45) is 1.37. The van der Waals surface area contributed by atoms with Gasteiger partial charge in [-0.25, -0.2) is 9.78 Å². The van der Waals surface area contributed by atoms with Crippen LogP contribution in [0.25, 0.3) is 33.5 Å². The third kappa shape index (κ3) is 4.93. The second kappa shape index (κ2) is 10.1. The van der Waals surface area contributed by atoms with Crippen LogP contribution < -0.4 is 15.0 Å². The molecule has 0 saturated carbocycles. The zero-order valence-corrected chi connectivity index (χ0v) is 21.5. The van der Waals surface area contributed by atoms with Gasteiger partial charge in [0.2, 0.25) is 5.82 Å². The molecule has 0 bridgehead atoms. The predicted octanol–water partition coefficient (Wildman–Crippen LogP) is 5.58. The number of hydrogen-bond acceptors (Lipinski definition) is 7. The van der Waals surface area contributed by atoms with E-state index in [2.05, 4.69) is 26.0 Å². The molecule has 0 fully saturated rings. The van der Waals surface area contributed by atoms with E-state index in [0.29, 0.717) is 37.3 Å². The minimum Gasteiger partial charge on any atom is -0.493 e. The van der Waals surface area contributed by atoms with Crippen LogP contribution >= 0.6 is 27.5 Å². The van der Waals surface area contributed by atoms with E-state index in [9.17, 15) is 9.59 Å². The number of rotatable bonds is 7. The van der Waals surface area contributed by atoms with Gasteiger partial charge in [0.15, 0.2) is 23.9 Å². The van der Waals surface area contributed by atoms with E-state index in [1.165, 1.54) is 13.3 Å². The Hall–Kier alpha value is -4.15. The molecule has 5 aromatic rings. The van der Waals surface area contributed by atoms with Gasteiger partial charge in [-0.3, -0.25) is 4.79 Å². The molecule has 11 heteroatoms. The third-order valence-corrected chi connectivity index (χ3v) is 6.07. The maximum atomic E-state index is 13.5. The number of benzene rings is 3.